The second-order valence-corrected chi connectivity index (χ2v) is 6.66. The van der Waals surface area contributed by atoms with Crippen LogP contribution in [0.15, 0.2) is 0 Å². The van der Waals surface area contributed by atoms with Gasteiger partial charge < -0.3 is 4.90 Å². The van der Waals surface area contributed by atoms with Crippen LogP contribution in [0.4, 0.5) is 0 Å². The van der Waals surface area contributed by atoms with Crippen LogP contribution >= 0.6 is 11.3 Å². The molecule has 0 bridgehead atoms. The van der Waals surface area contributed by atoms with Gasteiger partial charge >= 0.3 is 0 Å². The molecule has 1 fully saturated rings. The van der Waals surface area contributed by atoms with Gasteiger partial charge in [-0.1, -0.05) is 25.2 Å². The first-order valence-corrected chi connectivity index (χ1v) is 7.96. The van der Waals surface area contributed by atoms with E-state index in [9.17, 15) is 9.59 Å². The van der Waals surface area contributed by atoms with E-state index in [1.807, 2.05) is 11.3 Å². The largest absolute Gasteiger partial charge is 0.337 e. The normalized spacial score (nSPS) is 16.2. The quantitative estimate of drug-likeness (QED) is 0.851. The molecule has 2 aromatic rings. The summed E-state index contributed by atoms with van der Waals surface area (Å²) in [5.74, 6) is 1.38. The molecule has 7 heteroatoms. The first-order chi connectivity index (χ1) is 9.99. The summed E-state index contributed by atoms with van der Waals surface area (Å²) in [6, 6.07) is 0. The molecule has 0 N–H and O–H groups in total. The number of nitrogens with zero attached hydrogens (tertiary/aromatic N) is 4. The van der Waals surface area contributed by atoms with Crippen molar-refractivity contribution in [1.82, 2.24) is 19.5 Å². The van der Waals surface area contributed by atoms with Crippen LogP contribution in [0, 0.1) is 6.92 Å². The van der Waals surface area contributed by atoms with E-state index in [-0.39, 0.29) is 17.6 Å². The lowest BCUT2D eigenvalue weighted by atomic mass is 10.1. The highest BCUT2D eigenvalue weighted by Gasteiger charge is 2.27. The fourth-order valence-corrected chi connectivity index (χ4v) is 3.65. The Hall–Kier alpha value is -1.76. The second-order valence-electron chi connectivity index (χ2n) is 5.68. The number of hydrogen-bond acceptors (Lipinski definition) is 5. The number of carbonyl (C=O) groups is 2. The van der Waals surface area contributed by atoms with Gasteiger partial charge in [-0.05, 0) is 6.92 Å². The third kappa shape index (κ3) is 2.35. The Labute approximate surface area is 126 Å². The second kappa shape index (κ2) is 5.22. The molecular weight excluding hydrogens is 288 g/mol. The van der Waals surface area contributed by atoms with E-state index in [1.54, 1.807) is 4.90 Å². The summed E-state index contributed by atoms with van der Waals surface area (Å²) in [7, 11) is 0. The third-order valence-electron chi connectivity index (χ3n) is 3.83. The average Bonchev–Trinajstić information content (AvgIpc) is 3.00. The number of amides is 1. The number of likely N-dealkylation sites (tertiary alicyclic amines) is 1. The van der Waals surface area contributed by atoms with Gasteiger partial charge in [0.1, 0.15) is 16.5 Å². The van der Waals surface area contributed by atoms with Crippen molar-refractivity contribution in [2.24, 2.45) is 0 Å². The SMILES string of the molecule is Cc1c(C(=O)N2CCC(=O)CC2)sc2nnc(C(C)C)n12. The fourth-order valence-electron chi connectivity index (χ4n) is 2.60. The number of rotatable bonds is 2. The molecule has 0 radical (unpaired) electrons. The highest BCUT2D eigenvalue weighted by molar-refractivity contribution is 7.19. The van der Waals surface area contributed by atoms with E-state index in [1.165, 1.54) is 11.3 Å². The molecule has 0 aliphatic carbocycles. The van der Waals surface area contributed by atoms with Crippen LogP contribution in [-0.2, 0) is 4.79 Å². The van der Waals surface area contributed by atoms with Crippen LogP contribution in [0.25, 0.3) is 4.96 Å². The van der Waals surface area contributed by atoms with Crippen molar-refractivity contribution in [3.05, 3.63) is 16.4 Å². The number of carbonyl (C=O) groups excluding carboxylic acids is 2. The summed E-state index contributed by atoms with van der Waals surface area (Å²) in [6.45, 7) is 7.09. The van der Waals surface area contributed by atoms with Crippen molar-refractivity contribution < 1.29 is 9.59 Å². The zero-order valence-corrected chi connectivity index (χ0v) is 13.2. The summed E-state index contributed by atoms with van der Waals surface area (Å²) in [5, 5.41) is 8.36. The van der Waals surface area contributed by atoms with Crippen LogP contribution in [-0.4, -0.2) is 44.3 Å². The Morgan fingerprint density at radius 3 is 2.52 bits per heavy atom. The number of Topliss-reactive ketones (excluding diaryl/α,β-unsaturated/α-hetero) is 1. The van der Waals surface area contributed by atoms with E-state index in [0.29, 0.717) is 30.8 Å². The van der Waals surface area contributed by atoms with Gasteiger partial charge in [0.05, 0.1) is 0 Å². The predicted molar refractivity (Wildman–Crippen MR) is 79.8 cm³/mol. The number of thiazole rings is 1. The Morgan fingerprint density at radius 1 is 1.24 bits per heavy atom. The summed E-state index contributed by atoms with van der Waals surface area (Å²) in [6.07, 6.45) is 0.929. The van der Waals surface area contributed by atoms with Crippen LogP contribution < -0.4 is 0 Å². The summed E-state index contributed by atoms with van der Waals surface area (Å²) >= 11 is 1.38. The Kier molecular flexibility index (Phi) is 3.52. The van der Waals surface area contributed by atoms with Crippen molar-refractivity contribution in [3.8, 4) is 0 Å². The lowest BCUT2D eigenvalue weighted by molar-refractivity contribution is -0.120. The lowest BCUT2D eigenvalue weighted by Gasteiger charge is -2.25. The first-order valence-electron chi connectivity index (χ1n) is 7.14. The number of aromatic nitrogens is 3. The topological polar surface area (TPSA) is 67.6 Å². The average molecular weight is 306 g/mol. The number of piperidine rings is 1. The van der Waals surface area contributed by atoms with E-state index in [2.05, 4.69) is 24.0 Å². The van der Waals surface area contributed by atoms with Gasteiger partial charge in [-0.25, -0.2) is 0 Å². The molecule has 21 heavy (non-hydrogen) atoms. The Bertz CT molecular complexity index is 706. The van der Waals surface area contributed by atoms with E-state index in [0.717, 1.165) is 16.5 Å². The van der Waals surface area contributed by atoms with Gasteiger partial charge in [0, 0.05) is 37.5 Å². The molecule has 0 saturated carbocycles. The van der Waals surface area contributed by atoms with Gasteiger partial charge in [0.15, 0.2) is 0 Å². The predicted octanol–water partition coefficient (Wildman–Crippen LogP) is 2.03. The molecular formula is C14H18N4O2S. The number of fused-ring (bicyclic) bond motifs is 1. The zero-order valence-electron chi connectivity index (χ0n) is 12.4. The standard InChI is InChI=1S/C14H18N4O2S/c1-8(2)12-15-16-14-18(12)9(3)11(21-14)13(20)17-6-4-10(19)5-7-17/h8H,4-7H2,1-3H3. The van der Waals surface area contributed by atoms with Gasteiger partial charge in [-0.2, -0.15) is 0 Å². The van der Waals surface area contributed by atoms with Gasteiger partial charge in [0.2, 0.25) is 4.96 Å². The summed E-state index contributed by atoms with van der Waals surface area (Å²) in [4.78, 5) is 27.2. The lowest BCUT2D eigenvalue weighted by Crippen LogP contribution is -2.38. The molecule has 0 unspecified atom stereocenters. The minimum absolute atomic E-state index is 0.00482. The Morgan fingerprint density at radius 2 is 1.90 bits per heavy atom. The monoisotopic (exact) mass is 306 g/mol. The highest BCUT2D eigenvalue weighted by atomic mass is 32.1. The molecule has 0 atom stereocenters. The maximum Gasteiger partial charge on any atom is 0.265 e. The molecule has 2 aromatic heterocycles. The maximum absolute atomic E-state index is 12.6. The van der Waals surface area contributed by atoms with Gasteiger partial charge in [0.25, 0.3) is 5.91 Å². The van der Waals surface area contributed by atoms with Crippen molar-refractivity contribution in [2.75, 3.05) is 13.1 Å². The molecule has 0 aromatic carbocycles. The molecule has 3 rings (SSSR count). The molecule has 1 aliphatic heterocycles. The molecule has 0 spiro atoms. The van der Waals surface area contributed by atoms with Crippen LogP contribution in [0.1, 0.15) is 53.8 Å². The van der Waals surface area contributed by atoms with Crippen LogP contribution in [0.3, 0.4) is 0 Å². The number of hydrogen-bond donors (Lipinski definition) is 0. The molecule has 1 aliphatic rings. The summed E-state index contributed by atoms with van der Waals surface area (Å²) in [5.41, 5.74) is 0.894. The minimum atomic E-state index is 0.00482. The van der Waals surface area contributed by atoms with Crippen molar-refractivity contribution in [1.29, 1.82) is 0 Å². The molecule has 112 valence electrons. The van der Waals surface area contributed by atoms with Crippen LogP contribution in [0.2, 0.25) is 0 Å². The minimum Gasteiger partial charge on any atom is -0.337 e. The molecule has 1 amide bonds. The Balaban J connectivity index is 1.95. The summed E-state index contributed by atoms with van der Waals surface area (Å²) < 4.78 is 1.97. The number of aryl methyl sites for hydroxylation is 1. The zero-order chi connectivity index (χ0) is 15.1. The smallest absolute Gasteiger partial charge is 0.265 e. The van der Waals surface area contributed by atoms with E-state index >= 15 is 0 Å². The van der Waals surface area contributed by atoms with Gasteiger partial charge in [-0.3, -0.25) is 14.0 Å². The number of ketones is 1. The third-order valence-corrected chi connectivity index (χ3v) is 4.96. The van der Waals surface area contributed by atoms with E-state index in [4.69, 9.17) is 0 Å². The molecule has 6 nitrogen and oxygen atoms in total. The van der Waals surface area contributed by atoms with Crippen molar-refractivity contribution >= 4 is 28.0 Å². The molecule has 3 heterocycles. The maximum atomic E-state index is 12.6. The van der Waals surface area contributed by atoms with Crippen LogP contribution in [0.5, 0.6) is 0 Å². The van der Waals surface area contributed by atoms with Crippen molar-refractivity contribution in [2.45, 2.75) is 39.5 Å². The van der Waals surface area contributed by atoms with Gasteiger partial charge in [-0.15, -0.1) is 10.2 Å². The fraction of sp³-hybridized carbons (Fsp3) is 0.571. The first kappa shape index (κ1) is 14.2. The highest BCUT2D eigenvalue weighted by Crippen LogP contribution is 2.27. The molecule has 1 saturated heterocycles. The van der Waals surface area contributed by atoms with E-state index < -0.39 is 0 Å². The van der Waals surface area contributed by atoms with Crippen molar-refractivity contribution in [3.63, 3.8) is 0 Å².